The van der Waals surface area contributed by atoms with E-state index in [-0.39, 0.29) is 5.91 Å². The van der Waals surface area contributed by atoms with E-state index in [1.807, 2.05) is 91.0 Å². The molecule has 3 nitrogen and oxygen atoms in total. The lowest BCUT2D eigenvalue weighted by Crippen LogP contribution is -2.27. The van der Waals surface area contributed by atoms with Gasteiger partial charge in [-0.05, 0) is 64.9 Å². The summed E-state index contributed by atoms with van der Waals surface area (Å²) in [4.78, 5) is 15.5. The Bertz CT molecular complexity index is 1440. The minimum atomic E-state index is -0.145. The van der Waals surface area contributed by atoms with E-state index in [1.165, 1.54) is 11.8 Å². The third kappa shape index (κ3) is 4.77. The lowest BCUT2D eigenvalue weighted by molar-refractivity contribution is -0.113. The molecule has 0 N–H and O–H groups in total. The van der Waals surface area contributed by atoms with E-state index in [1.54, 1.807) is 4.90 Å². The molecule has 0 atom stereocenters. The minimum Gasteiger partial charge on any atom is -0.488 e. The zero-order valence-corrected chi connectivity index (χ0v) is 21.7. The van der Waals surface area contributed by atoms with Crippen LogP contribution < -0.4 is 9.64 Å². The van der Waals surface area contributed by atoms with Gasteiger partial charge in [-0.2, -0.15) is 0 Å². The molecule has 1 fully saturated rings. The number of carbonyl (C=O) groups is 1. The number of halogens is 2. The van der Waals surface area contributed by atoms with Gasteiger partial charge in [-0.1, -0.05) is 94.0 Å². The van der Waals surface area contributed by atoms with Gasteiger partial charge in [0.1, 0.15) is 12.4 Å². The Morgan fingerprint density at radius 3 is 2.47 bits per heavy atom. The molecule has 0 saturated carbocycles. The molecule has 0 aliphatic carbocycles. The molecular formula is C27H17BrClNO2S2. The number of anilines is 1. The number of carbonyl (C=O) groups excluding carboxylic acids is 1. The second-order valence-corrected chi connectivity index (χ2v) is 10.6. The third-order valence-electron chi connectivity index (χ3n) is 5.39. The van der Waals surface area contributed by atoms with E-state index in [4.69, 9.17) is 28.6 Å². The predicted molar refractivity (Wildman–Crippen MR) is 150 cm³/mol. The molecule has 0 aromatic heterocycles. The molecule has 4 aromatic carbocycles. The quantitative estimate of drug-likeness (QED) is 0.180. The highest BCUT2D eigenvalue weighted by atomic mass is 79.9. The fourth-order valence-corrected chi connectivity index (χ4v) is 5.37. The summed E-state index contributed by atoms with van der Waals surface area (Å²) in [5, 5.41) is 2.75. The van der Waals surface area contributed by atoms with Gasteiger partial charge in [-0.3, -0.25) is 9.69 Å². The van der Waals surface area contributed by atoms with E-state index >= 15 is 0 Å². The van der Waals surface area contributed by atoms with Crippen molar-refractivity contribution in [3.8, 4) is 5.75 Å². The molecule has 0 radical (unpaired) electrons. The van der Waals surface area contributed by atoms with Crippen LogP contribution in [-0.2, 0) is 11.4 Å². The maximum absolute atomic E-state index is 13.3. The van der Waals surface area contributed by atoms with Crippen LogP contribution in [0, 0.1) is 0 Å². The van der Waals surface area contributed by atoms with Gasteiger partial charge in [-0.25, -0.2) is 0 Å². The van der Waals surface area contributed by atoms with Crippen molar-refractivity contribution in [2.75, 3.05) is 4.90 Å². The van der Waals surface area contributed by atoms with Gasteiger partial charge in [0.05, 0.1) is 10.6 Å². The number of rotatable bonds is 5. The van der Waals surface area contributed by atoms with Gasteiger partial charge in [0, 0.05) is 15.1 Å². The second kappa shape index (κ2) is 9.92. The fraction of sp³-hybridized carbons (Fsp3) is 0.0370. The Kier molecular flexibility index (Phi) is 6.75. The Morgan fingerprint density at radius 2 is 1.71 bits per heavy atom. The van der Waals surface area contributed by atoms with Crippen molar-refractivity contribution in [1.29, 1.82) is 0 Å². The molecule has 4 aromatic rings. The van der Waals surface area contributed by atoms with Crippen LogP contribution in [0.1, 0.15) is 11.1 Å². The molecule has 168 valence electrons. The van der Waals surface area contributed by atoms with E-state index < -0.39 is 0 Å². The molecule has 7 heteroatoms. The monoisotopic (exact) mass is 565 g/mol. The topological polar surface area (TPSA) is 29.5 Å². The van der Waals surface area contributed by atoms with Crippen molar-refractivity contribution in [1.82, 2.24) is 0 Å². The number of thioether (sulfide) groups is 1. The molecule has 1 saturated heterocycles. The number of amides is 1. The number of hydrogen-bond acceptors (Lipinski definition) is 4. The summed E-state index contributed by atoms with van der Waals surface area (Å²) in [5.41, 5.74) is 2.60. The van der Waals surface area contributed by atoms with Crippen molar-refractivity contribution in [2.45, 2.75) is 6.61 Å². The first-order chi connectivity index (χ1) is 16.5. The van der Waals surface area contributed by atoms with Crippen LogP contribution in [0.4, 0.5) is 5.69 Å². The summed E-state index contributed by atoms with van der Waals surface area (Å²) >= 11 is 16.3. The Balaban J connectivity index is 1.52. The van der Waals surface area contributed by atoms with Gasteiger partial charge >= 0.3 is 0 Å². The van der Waals surface area contributed by atoms with Crippen molar-refractivity contribution >= 4 is 84.3 Å². The Morgan fingerprint density at radius 1 is 0.971 bits per heavy atom. The second-order valence-electron chi connectivity index (χ2n) is 7.61. The van der Waals surface area contributed by atoms with Crippen molar-refractivity contribution in [2.24, 2.45) is 0 Å². The zero-order chi connectivity index (χ0) is 23.7. The zero-order valence-electron chi connectivity index (χ0n) is 17.7. The summed E-state index contributed by atoms with van der Waals surface area (Å²) < 4.78 is 7.65. The first-order valence-corrected chi connectivity index (χ1v) is 12.8. The SMILES string of the molecule is O=C1/C(=C\c2c(OCc3ccc(Cl)cc3)ccc3ccccc23)SC(=S)N1c1ccc(Br)cc1. The van der Waals surface area contributed by atoms with Gasteiger partial charge in [0.25, 0.3) is 5.91 Å². The number of fused-ring (bicyclic) bond motifs is 1. The van der Waals surface area contributed by atoms with Crippen molar-refractivity contribution < 1.29 is 9.53 Å². The lowest BCUT2D eigenvalue weighted by atomic mass is 10.0. The van der Waals surface area contributed by atoms with Crippen LogP contribution in [0.2, 0.25) is 5.02 Å². The largest absolute Gasteiger partial charge is 0.488 e. The van der Waals surface area contributed by atoms with Gasteiger partial charge in [-0.15, -0.1) is 0 Å². The molecule has 0 unspecified atom stereocenters. The summed E-state index contributed by atoms with van der Waals surface area (Å²) in [6.07, 6.45) is 1.89. The Hall–Kier alpha value is -2.64. The number of nitrogens with zero attached hydrogens (tertiary/aromatic N) is 1. The van der Waals surface area contributed by atoms with E-state index in [0.717, 1.165) is 32.1 Å². The average Bonchev–Trinajstić information content (AvgIpc) is 3.13. The van der Waals surface area contributed by atoms with Crippen LogP contribution >= 0.6 is 51.5 Å². The molecule has 34 heavy (non-hydrogen) atoms. The number of benzene rings is 4. The minimum absolute atomic E-state index is 0.145. The first kappa shape index (κ1) is 23.1. The highest BCUT2D eigenvalue weighted by molar-refractivity contribution is 9.10. The molecule has 0 bridgehead atoms. The molecular weight excluding hydrogens is 550 g/mol. The number of ether oxygens (including phenoxy) is 1. The highest BCUT2D eigenvalue weighted by Crippen LogP contribution is 2.39. The van der Waals surface area contributed by atoms with Gasteiger partial charge < -0.3 is 4.74 Å². The predicted octanol–water partition coefficient (Wildman–Crippen LogP) is 8.24. The Labute approximate surface area is 220 Å². The highest BCUT2D eigenvalue weighted by Gasteiger charge is 2.33. The standard InChI is InChI=1S/C27H17BrClNO2S2/c28-19-8-12-21(13-9-19)30-26(31)25(34-27(30)33)15-23-22-4-2-1-3-18(22)7-14-24(23)32-16-17-5-10-20(29)11-6-17/h1-15H,16H2/b25-15+. The van der Waals surface area contributed by atoms with Gasteiger partial charge in [0.2, 0.25) is 0 Å². The summed E-state index contributed by atoms with van der Waals surface area (Å²) in [6.45, 7) is 0.385. The van der Waals surface area contributed by atoms with Crippen molar-refractivity contribution in [3.63, 3.8) is 0 Å². The smallest absolute Gasteiger partial charge is 0.270 e. The average molecular weight is 567 g/mol. The van der Waals surface area contributed by atoms with E-state index in [2.05, 4.69) is 15.9 Å². The first-order valence-electron chi connectivity index (χ1n) is 10.4. The summed E-state index contributed by atoms with van der Waals surface area (Å²) in [5.74, 6) is 0.552. The van der Waals surface area contributed by atoms with Crippen LogP contribution in [0.25, 0.3) is 16.8 Å². The fourth-order valence-electron chi connectivity index (χ4n) is 3.70. The van der Waals surface area contributed by atoms with Gasteiger partial charge in [0.15, 0.2) is 4.32 Å². The van der Waals surface area contributed by atoms with E-state index in [0.29, 0.717) is 26.6 Å². The molecule has 1 aliphatic heterocycles. The molecule has 1 heterocycles. The van der Waals surface area contributed by atoms with E-state index in [9.17, 15) is 4.79 Å². The maximum atomic E-state index is 13.3. The molecule has 0 spiro atoms. The number of thiocarbonyl (C=S) groups is 1. The molecule has 5 rings (SSSR count). The van der Waals surface area contributed by atoms with Crippen LogP contribution in [0.3, 0.4) is 0 Å². The number of hydrogen-bond donors (Lipinski definition) is 0. The molecule has 1 amide bonds. The summed E-state index contributed by atoms with van der Waals surface area (Å²) in [6, 6.07) is 27.1. The molecule has 1 aliphatic rings. The van der Waals surface area contributed by atoms with Crippen LogP contribution in [-0.4, -0.2) is 10.2 Å². The normalized spacial score (nSPS) is 14.9. The lowest BCUT2D eigenvalue weighted by Gasteiger charge is -2.14. The van der Waals surface area contributed by atoms with Crippen molar-refractivity contribution in [3.05, 3.63) is 110 Å². The summed E-state index contributed by atoms with van der Waals surface area (Å²) in [7, 11) is 0. The van der Waals surface area contributed by atoms with Crippen LogP contribution in [0.5, 0.6) is 5.75 Å². The third-order valence-corrected chi connectivity index (χ3v) is 7.48. The maximum Gasteiger partial charge on any atom is 0.270 e. The van der Waals surface area contributed by atoms with Crippen LogP contribution in [0.15, 0.2) is 94.3 Å².